The lowest BCUT2D eigenvalue weighted by Crippen LogP contribution is -2.24. The quantitative estimate of drug-likeness (QED) is 0.396. The molecule has 11 heteroatoms. The highest BCUT2D eigenvalue weighted by molar-refractivity contribution is 7.84. The van der Waals surface area contributed by atoms with Gasteiger partial charge in [-0.05, 0) is 24.5 Å². The van der Waals surface area contributed by atoms with Gasteiger partial charge in [0.25, 0.3) is 0 Å². The molecule has 0 radical (unpaired) electrons. The number of rotatable bonds is 9. The summed E-state index contributed by atoms with van der Waals surface area (Å²) < 4.78 is 28.6. The zero-order chi connectivity index (χ0) is 23.4. The highest BCUT2D eigenvalue weighted by Crippen LogP contribution is 2.30. The van der Waals surface area contributed by atoms with Crippen molar-refractivity contribution in [3.05, 3.63) is 78.0 Å². The third kappa shape index (κ3) is 6.02. The molecule has 0 spiro atoms. The van der Waals surface area contributed by atoms with Gasteiger partial charge in [0.15, 0.2) is 5.78 Å². The van der Waals surface area contributed by atoms with Crippen LogP contribution in [0.1, 0.15) is 34.3 Å². The molecule has 174 valence electrons. The number of benzene rings is 1. The monoisotopic (exact) mass is 471 g/mol. The van der Waals surface area contributed by atoms with Gasteiger partial charge < -0.3 is 15.0 Å². The van der Waals surface area contributed by atoms with E-state index in [9.17, 15) is 18.3 Å². The summed E-state index contributed by atoms with van der Waals surface area (Å²) in [6, 6.07) is 11.5. The van der Waals surface area contributed by atoms with Gasteiger partial charge in [0.05, 0.1) is 18.3 Å². The zero-order valence-corrected chi connectivity index (χ0v) is 18.6. The average molecular weight is 472 g/mol. The van der Waals surface area contributed by atoms with Crippen LogP contribution in [0, 0.1) is 5.92 Å². The van der Waals surface area contributed by atoms with E-state index in [4.69, 9.17) is 5.14 Å². The Balaban J connectivity index is 1.44. The summed E-state index contributed by atoms with van der Waals surface area (Å²) in [5, 5.41) is 18.3. The normalized spacial score (nSPS) is 20.6. The number of hydrogen-bond donors (Lipinski definition) is 3. The maximum atomic E-state index is 13.2. The molecule has 2 aromatic heterocycles. The van der Waals surface area contributed by atoms with Crippen molar-refractivity contribution in [2.24, 2.45) is 11.1 Å². The number of carbonyl (C=O) groups excluding carboxylic acids is 1. The van der Waals surface area contributed by atoms with E-state index in [-0.39, 0.29) is 18.4 Å². The maximum absolute atomic E-state index is 13.2. The van der Waals surface area contributed by atoms with Crippen LogP contribution in [-0.4, -0.2) is 52.6 Å². The Hall–Kier alpha value is -3.12. The Morgan fingerprint density at radius 1 is 1.24 bits per heavy atom. The molecule has 3 atom stereocenters. The lowest BCUT2D eigenvalue weighted by atomic mass is 10.1. The van der Waals surface area contributed by atoms with Crippen LogP contribution in [-0.2, 0) is 21.0 Å². The first-order valence-corrected chi connectivity index (χ1v) is 11.9. The fourth-order valence-electron chi connectivity index (χ4n) is 4.01. The van der Waals surface area contributed by atoms with Crippen LogP contribution in [0.2, 0.25) is 0 Å². The van der Waals surface area contributed by atoms with E-state index in [1.165, 1.54) is 12.5 Å². The molecule has 3 aromatic rings. The number of aromatic nitrogens is 3. The number of nitrogens with zero attached hydrogens (tertiary/aromatic N) is 3. The first kappa shape index (κ1) is 23.1. The van der Waals surface area contributed by atoms with E-state index < -0.39 is 22.3 Å². The summed E-state index contributed by atoms with van der Waals surface area (Å²) in [5.74, 6) is -0.276. The predicted molar refractivity (Wildman–Crippen MR) is 121 cm³/mol. The third-order valence-corrected chi connectivity index (χ3v) is 6.09. The predicted octanol–water partition coefficient (Wildman–Crippen LogP) is 1.33. The van der Waals surface area contributed by atoms with Crippen LogP contribution in [0.3, 0.4) is 0 Å². The lowest BCUT2D eigenvalue weighted by molar-refractivity contribution is 0.101. The van der Waals surface area contributed by atoms with Crippen molar-refractivity contribution >= 4 is 21.9 Å². The summed E-state index contributed by atoms with van der Waals surface area (Å²) in [7, 11) is -4.08. The van der Waals surface area contributed by atoms with Crippen LogP contribution < -0.4 is 10.5 Å². The molecule has 0 amide bonds. The van der Waals surface area contributed by atoms with Gasteiger partial charge in [0, 0.05) is 42.7 Å². The Morgan fingerprint density at radius 2 is 2.03 bits per heavy atom. The second-order valence-electron chi connectivity index (χ2n) is 8.09. The van der Waals surface area contributed by atoms with Crippen molar-refractivity contribution in [1.82, 2.24) is 14.5 Å². The molecule has 1 fully saturated rings. The molecule has 0 unspecified atom stereocenters. The molecule has 1 saturated carbocycles. The Labute approximate surface area is 191 Å². The first-order valence-electron chi connectivity index (χ1n) is 10.4. The second kappa shape index (κ2) is 9.79. The number of aliphatic hydroxyl groups excluding tert-OH is 1. The molecule has 1 aromatic carbocycles. The Morgan fingerprint density at radius 3 is 2.79 bits per heavy atom. The van der Waals surface area contributed by atoms with Crippen molar-refractivity contribution in [2.75, 3.05) is 11.9 Å². The third-order valence-electron chi connectivity index (χ3n) is 5.62. The highest BCUT2D eigenvalue weighted by Gasteiger charge is 2.34. The first-order chi connectivity index (χ1) is 15.8. The van der Waals surface area contributed by atoms with E-state index in [0.29, 0.717) is 36.3 Å². The van der Waals surface area contributed by atoms with Gasteiger partial charge in [-0.25, -0.2) is 15.1 Å². The highest BCUT2D eigenvalue weighted by atomic mass is 32.2. The van der Waals surface area contributed by atoms with Gasteiger partial charge in [-0.2, -0.15) is 8.42 Å². The van der Waals surface area contributed by atoms with E-state index in [0.717, 1.165) is 5.56 Å². The number of carbonyl (C=O) groups is 1. The van der Waals surface area contributed by atoms with Gasteiger partial charge in [-0.15, -0.1) is 0 Å². The molecule has 1 aliphatic rings. The second-order valence-corrected chi connectivity index (χ2v) is 9.31. The molecule has 4 N–H and O–H groups in total. The smallest absolute Gasteiger partial charge is 0.333 e. The molecular weight excluding hydrogens is 446 g/mol. The SMILES string of the molecule is NS(=O)(=O)OC[C@H]1C[C@@H](Nc2ncncc2C(=O)c2ccn(Cc3ccccc3)c2)C[C@@H]1O. The van der Waals surface area contributed by atoms with Gasteiger partial charge in [-0.1, -0.05) is 30.3 Å². The number of ketones is 1. The molecule has 1 aliphatic carbocycles. The van der Waals surface area contributed by atoms with Gasteiger partial charge in [0.2, 0.25) is 0 Å². The van der Waals surface area contributed by atoms with E-state index in [1.807, 2.05) is 41.1 Å². The van der Waals surface area contributed by atoms with Crippen molar-refractivity contribution < 1.29 is 22.5 Å². The molecule has 10 nitrogen and oxygen atoms in total. The van der Waals surface area contributed by atoms with Crippen molar-refractivity contribution in [3.8, 4) is 0 Å². The average Bonchev–Trinajstić information content (AvgIpc) is 3.38. The van der Waals surface area contributed by atoms with Crippen LogP contribution >= 0.6 is 0 Å². The van der Waals surface area contributed by atoms with Crippen LogP contribution in [0.4, 0.5) is 5.82 Å². The standard InChI is InChI=1S/C22H25N5O5S/c23-33(30,31)32-13-17-8-18(9-20(17)28)26-22-19(10-24-14-25-22)21(29)16-6-7-27(12-16)11-15-4-2-1-3-5-15/h1-7,10,12,14,17-18,20,28H,8-9,11,13H2,(H2,23,30,31)(H,24,25,26)/t17-,18-,20+/m1/s1. The van der Waals surface area contributed by atoms with E-state index in [2.05, 4.69) is 19.5 Å². The lowest BCUT2D eigenvalue weighted by Gasteiger charge is -2.15. The molecule has 0 bridgehead atoms. The summed E-state index contributed by atoms with van der Waals surface area (Å²) in [6.45, 7) is 0.440. The molecule has 2 heterocycles. The van der Waals surface area contributed by atoms with Gasteiger partial charge in [-0.3, -0.25) is 8.98 Å². The topological polar surface area (TPSA) is 149 Å². The Bertz CT molecular complexity index is 1210. The summed E-state index contributed by atoms with van der Waals surface area (Å²) in [5.41, 5.74) is 1.95. The number of nitrogens with one attached hydrogen (secondary N) is 1. The Kier molecular flexibility index (Phi) is 6.84. The number of anilines is 1. The number of nitrogens with two attached hydrogens (primary N) is 1. The maximum Gasteiger partial charge on any atom is 0.333 e. The minimum atomic E-state index is -4.08. The fourth-order valence-corrected chi connectivity index (χ4v) is 4.37. The van der Waals surface area contributed by atoms with Crippen LogP contribution in [0.15, 0.2) is 61.3 Å². The summed E-state index contributed by atoms with van der Waals surface area (Å²) in [4.78, 5) is 21.4. The fraction of sp³-hybridized carbons (Fsp3) is 0.318. The number of hydrogen-bond acceptors (Lipinski definition) is 8. The van der Waals surface area contributed by atoms with Crippen molar-refractivity contribution in [2.45, 2.75) is 31.5 Å². The van der Waals surface area contributed by atoms with E-state index in [1.54, 1.807) is 12.3 Å². The minimum Gasteiger partial charge on any atom is -0.393 e. The zero-order valence-electron chi connectivity index (χ0n) is 17.7. The van der Waals surface area contributed by atoms with Crippen molar-refractivity contribution in [1.29, 1.82) is 0 Å². The molecule has 0 aliphatic heterocycles. The molecular formula is C22H25N5O5S. The van der Waals surface area contributed by atoms with Crippen molar-refractivity contribution in [3.63, 3.8) is 0 Å². The molecule has 4 rings (SSSR count). The van der Waals surface area contributed by atoms with Crippen LogP contribution in [0.25, 0.3) is 0 Å². The summed E-state index contributed by atoms with van der Waals surface area (Å²) >= 11 is 0. The molecule has 0 saturated heterocycles. The van der Waals surface area contributed by atoms with Gasteiger partial charge >= 0.3 is 10.3 Å². The van der Waals surface area contributed by atoms with E-state index >= 15 is 0 Å². The number of aliphatic hydroxyl groups is 1. The summed E-state index contributed by atoms with van der Waals surface area (Å²) in [6.07, 6.45) is 6.45. The largest absolute Gasteiger partial charge is 0.393 e. The van der Waals surface area contributed by atoms with Gasteiger partial charge in [0.1, 0.15) is 12.1 Å². The van der Waals surface area contributed by atoms with Crippen LogP contribution in [0.5, 0.6) is 0 Å². The minimum absolute atomic E-state index is 0.206. The molecule has 33 heavy (non-hydrogen) atoms.